The standard InChI is InChI=1S/C23H27ClN2O3/c1-17(27)26(16-19-9-11-20(24)12-10-19)22(14-18-6-3-2-4-7-18)23(28)25-15-21-8-5-13-29-21/h2-4,6-7,9-12,21-22H,5,8,13-16H2,1H3,(H,25,28)/t21-,22-/m0/s1. The Morgan fingerprint density at radius 1 is 1.14 bits per heavy atom. The molecule has 0 bridgehead atoms. The minimum absolute atomic E-state index is 0.0540. The highest BCUT2D eigenvalue weighted by molar-refractivity contribution is 6.30. The maximum absolute atomic E-state index is 13.1. The second kappa shape index (κ2) is 10.4. The molecule has 1 fully saturated rings. The first-order valence-corrected chi connectivity index (χ1v) is 10.4. The zero-order chi connectivity index (χ0) is 20.6. The van der Waals surface area contributed by atoms with Gasteiger partial charge in [-0.2, -0.15) is 0 Å². The van der Waals surface area contributed by atoms with Crippen LogP contribution in [-0.2, 0) is 27.3 Å². The second-order valence-corrected chi connectivity index (χ2v) is 7.80. The molecule has 0 aromatic heterocycles. The van der Waals surface area contributed by atoms with E-state index in [1.165, 1.54) is 6.92 Å². The number of carbonyl (C=O) groups excluding carboxylic acids is 2. The highest BCUT2D eigenvalue weighted by Gasteiger charge is 2.29. The third kappa shape index (κ3) is 6.31. The second-order valence-electron chi connectivity index (χ2n) is 7.36. The fourth-order valence-corrected chi connectivity index (χ4v) is 3.67. The smallest absolute Gasteiger partial charge is 0.243 e. The van der Waals surface area contributed by atoms with E-state index < -0.39 is 6.04 Å². The highest BCUT2D eigenvalue weighted by atomic mass is 35.5. The number of nitrogens with one attached hydrogen (secondary N) is 1. The van der Waals surface area contributed by atoms with Crippen LogP contribution in [0.2, 0.25) is 5.02 Å². The summed E-state index contributed by atoms with van der Waals surface area (Å²) in [6.45, 7) is 3.06. The SMILES string of the molecule is CC(=O)N(Cc1ccc(Cl)cc1)[C@@H](Cc1ccccc1)C(=O)NC[C@@H]1CCCO1. The zero-order valence-electron chi connectivity index (χ0n) is 16.6. The minimum atomic E-state index is -0.605. The summed E-state index contributed by atoms with van der Waals surface area (Å²) in [5, 5.41) is 3.63. The number of nitrogens with zero attached hydrogens (tertiary/aromatic N) is 1. The van der Waals surface area contributed by atoms with Gasteiger partial charge in [-0.15, -0.1) is 0 Å². The lowest BCUT2D eigenvalue weighted by molar-refractivity contribution is -0.139. The van der Waals surface area contributed by atoms with E-state index in [1.807, 2.05) is 42.5 Å². The predicted octanol–water partition coefficient (Wildman–Crippen LogP) is 3.60. The fraction of sp³-hybridized carbons (Fsp3) is 0.391. The summed E-state index contributed by atoms with van der Waals surface area (Å²) in [6, 6.07) is 16.5. The van der Waals surface area contributed by atoms with E-state index in [-0.39, 0.29) is 17.9 Å². The van der Waals surface area contributed by atoms with Crippen molar-refractivity contribution in [3.05, 3.63) is 70.7 Å². The predicted molar refractivity (Wildman–Crippen MR) is 114 cm³/mol. The van der Waals surface area contributed by atoms with Crippen molar-refractivity contribution in [1.29, 1.82) is 0 Å². The summed E-state index contributed by atoms with van der Waals surface area (Å²) >= 11 is 5.98. The van der Waals surface area contributed by atoms with Gasteiger partial charge in [0.05, 0.1) is 6.10 Å². The van der Waals surface area contributed by atoms with Crippen LogP contribution in [0, 0.1) is 0 Å². The molecule has 2 aromatic carbocycles. The van der Waals surface area contributed by atoms with Gasteiger partial charge in [0.1, 0.15) is 6.04 Å². The van der Waals surface area contributed by atoms with E-state index in [0.29, 0.717) is 24.5 Å². The molecule has 0 unspecified atom stereocenters. The van der Waals surface area contributed by atoms with Crippen molar-refractivity contribution in [1.82, 2.24) is 10.2 Å². The van der Waals surface area contributed by atoms with Crippen molar-refractivity contribution in [2.45, 2.75) is 44.9 Å². The van der Waals surface area contributed by atoms with Crippen molar-refractivity contribution in [2.75, 3.05) is 13.2 Å². The first-order chi connectivity index (χ1) is 14.0. The molecule has 0 aliphatic carbocycles. The molecule has 6 heteroatoms. The van der Waals surface area contributed by atoms with Crippen molar-refractivity contribution >= 4 is 23.4 Å². The van der Waals surface area contributed by atoms with Gasteiger partial charge in [0.25, 0.3) is 0 Å². The molecule has 2 aromatic rings. The van der Waals surface area contributed by atoms with E-state index in [0.717, 1.165) is 30.6 Å². The third-order valence-electron chi connectivity index (χ3n) is 5.15. The number of halogens is 1. The molecule has 0 spiro atoms. The van der Waals surface area contributed by atoms with Crippen LogP contribution in [0.4, 0.5) is 0 Å². The summed E-state index contributed by atoms with van der Waals surface area (Å²) in [7, 11) is 0. The number of carbonyl (C=O) groups is 2. The van der Waals surface area contributed by atoms with Gasteiger partial charge < -0.3 is 15.0 Å². The maximum atomic E-state index is 13.1. The topological polar surface area (TPSA) is 58.6 Å². The molecule has 0 radical (unpaired) electrons. The Morgan fingerprint density at radius 3 is 2.48 bits per heavy atom. The van der Waals surface area contributed by atoms with Crippen LogP contribution in [0.5, 0.6) is 0 Å². The molecule has 29 heavy (non-hydrogen) atoms. The van der Waals surface area contributed by atoms with Crippen LogP contribution < -0.4 is 5.32 Å². The molecule has 1 aliphatic heterocycles. The number of benzene rings is 2. The Bertz CT molecular complexity index is 805. The van der Waals surface area contributed by atoms with Gasteiger partial charge in [-0.25, -0.2) is 0 Å². The van der Waals surface area contributed by atoms with Crippen LogP contribution in [0.1, 0.15) is 30.9 Å². The van der Waals surface area contributed by atoms with Crippen LogP contribution in [0.15, 0.2) is 54.6 Å². The lowest BCUT2D eigenvalue weighted by atomic mass is 10.0. The molecule has 154 valence electrons. The highest BCUT2D eigenvalue weighted by Crippen LogP contribution is 2.17. The average Bonchev–Trinajstić information content (AvgIpc) is 3.24. The Labute approximate surface area is 177 Å². The fourth-order valence-electron chi connectivity index (χ4n) is 3.55. The lowest BCUT2D eigenvalue weighted by Gasteiger charge is -2.31. The van der Waals surface area contributed by atoms with Gasteiger partial charge in [0, 0.05) is 38.1 Å². The largest absolute Gasteiger partial charge is 0.376 e. The molecule has 3 rings (SSSR count). The Balaban J connectivity index is 1.78. The normalized spacial score (nSPS) is 17.0. The Hall–Kier alpha value is -2.37. The molecule has 1 heterocycles. The molecule has 0 saturated carbocycles. The summed E-state index contributed by atoms with van der Waals surface area (Å²) in [5.41, 5.74) is 1.93. The van der Waals surface area contributed by atoms with Gasteiger partial charge >= 0.3 is 0 Å². The lowest BCUT2D eigenvalue weighted by Crippen LogP contribution is -2.51. The van der Waals surface area contributed by atoms with Gasteiger partial charge in [-0.3, -0.25) is 9.59 Å². The van der Waals surface area contributed by atoms with E-state index >= 15 is 0 Å². The van der Waals surface area contributed by atoms with E-state index in [1.54, 1.807) is 17.0 Å². The first kappa shape index (κ1) is 21.3. The third-order valence-corrected chi connectivity index (χ3v) is 5.40. The number of hydrogen-bond acceptors (Lipinski definition) is 3. The van der Waals surface area contributed by atoms with Gasteiger partial charge in [0.15, 0.2) is 0 Å². The van der Waals surface area contributed by atoms with Crippen molar-refractivity contribution in [2.24, 2.45) is 0 Å². The van der Waals surface area contributed by atoms with Crippen LogP contribution in [-0.4, -0.2) is 42.0 Å². The van der Waals surface area contributed by atoms with E-state index in [2.05, 4.69) is 5.32 Å². The van der Waals surface area contributed by atoms with Gasteiger partial charge in [-0.05, 0) is 36.1 Å². The van der Waals surface area contributed by atoms with Crippen molar-refractivity contribution in [3.63, 3.8) is 0 Å². The van der Waals surface area contributed by atoms with Crippen molar-refractivity contribution in [3.8, 4) is 0 Å². The van der Waals surface area contributed by atoms with Crippen LogP contribution in [0.25, 0.3) is 0 Å². The molecule has 1 aliphatic rings. The number of ether oxygens (including phenoxy) is 1. The zero-order valence-corrected chi connectivity index (χ0v) is 17.4. The van der Waals surface area contributed by atoms with E-state index in [9.17, 15) is 9.59 Å². The molecular formula is C23H27ClN2O3. The van der Waals surface area contributed by atoms with Gasteiger partial charge in [-0.1, -0.05) is 54.1 Å². The number of rotatable bonds is 8. The van der Waals surface area contributed by atoms with Crippen LogP contribution in [0.3, 0.4) is 0 Å². The summed E-state index contributed by atoms with van der Waals surface area (Å²) in [5.74, 6) is -0.304. The first-order valence-electron chi connectivity index (χ1n) is 9.98. The molecule has 1 saturated heterocycles. The van der Waals surface area contributed by atoms with Crippen molar-refractivity contribution < 1.29 is 14.3 Å². The molecule has 5 nitrogen and oxygen atoms in total. The van der Waals surface area contributed by atoms with Crippen LogP contribution >= 0.6 is 11.6 Å². The maximum Gasteiger partial charge on any atom is 0.243 e. The number of amides is 2. The number of hydrogen-bond donors (Lipinski definition) is 1. The minimum Gasteiger partial charge on any atom is -0.376 e. The quantitative estimate of drug-likeness (QED) is 0.718. The molecule has 2 atom stereocenters. The Kier molecular flexibility index (Phi) is 7.67. The Morgan fingerprint density at radius 2 is 1.86 bits per heavy atom. The molecule has 2 amide bonds. The summed E-state index contributed by atoms with van der Waals surface area (Å²) in [6.07, 6.45) is 2.47. The van der Waals surface area contributed by atoms with E-state index in [4.69, 9.17) is 16.3 Å². The summed E-state index contributed by atoms with van der Waals surface area (Å²) < 4.78 is 5.61. The monoisotopic (exact) mass is 414 g/mol. The summed E-state index contributed by atoms with van der Waals surface area (Å²) in [4.78, 5) is 27.2. The average molecular weight is 415 g/mol. The molecular weight excluding hydrogens is 388 g/mol. The molecule has 1 N–H and O–H groups in total. The van der Waals surface area contributed by atoms with Gasteiger partial charge in [0.2, 0.25) is 11.8 Å².